The van der Waals surface area contributed by atoms with Crippen LogP contribution in [0.5, 0.6) is 0 Å². The monoisotopic (exact) mass is 267 g/mol. The number of carbonyl (C=O) groups excluding carboxylic acids is 2. The number of nitrogens with two attached hydrogens (primary N) is 1. The van der Waals surface area contributed by atoms with E-state index in [0.717, 1.165) is 45.2 Å². The Morgan fingerprint density at radius 3 is 2.32 bits per heavy atom. The van der Waals surface area contributed by atoms with Crippen LogP contribution in [0, 0.1) is 5.92 Å². The molecule has 108 valence electrons. The van der Waals surface area contributed by atoms with E-state index in [1.165, 1.54) is 12.8 Å². The zero-order valence-corrected chi connectivity index (χ0v) is 11.6. The first kappa shape index (κ1) is 14.3. The van der Waals surface area contributed by atoms with Gasteiger partial charge in [0, 0.05) is 18.5 Å². The summed E-state index contributed by atoms with van der Waals surface area (Å²) in [6.07, 6.45) is 7.57. The molecule has 2 rings (SSSR count). The van der Waals surface area contributed by atoms with Gasteiger partial charge in [0.1, 0.15) is 0 Å². The van der Waals surface area contributed by atoms with E-state index in [0.29, 0.717) is 0 Å². The van der Waals surface area contributed by atoms with Crippen molar-refractivity contribution >= 4 is 11.8 Å². The molecule has 2 fully saturated rings. The van der Waals surface area contributed by atoms with Crippen molar-refractivity contribution in [1.82, 2.24) is 10.2 Å². The third-order valence-corrected chi connectivity index (χ3v) is 4.29. The summed E-state index contributed by atoms with van der Waals surface area (Å²) < 4.78 is 0. The van der Waals surface area contributed by atoms with Crippen LogP contribution >= 0.6 is 0 Å². The van der Waals surface area contributed by atoms with Gasteiger partial charge in [0.15, 0.2) is 0 Å². The minimum Gasteiger partial charge on any atom is -0.368 e. The Morgan fingerprint density at radius 1 is 1.11 bits per heavy atom. The van der Waals surface area contributed by atoms with Crippen LogP contribution in [0.15, 0.2) is 0 Å². The molecule has 2 amide bonds. The topological polar surface area (TPSA) is 75.4 Å². The normalized spacial score (nSPS) is 24.9. The average molecular weight is 267 g/mol. The third-order valence-electron chi connectivity index (χ3n) is 4.29. The van der Waals surface area contributed by atoms with Crippen LogP contribution in [0.1, 0.15) is 44.9 Å². The first-order valence-corrected chi connectivity index (χ1v) is 7.48. The van der Waals surface area contributed by atoms with E-state index in [1.54, 1.807) is 4.90 Å². The van der Waals surface area contributed by atoms with Crippen molar-refractivity contribution in [1.29, 1.82) is 0 Å². The maximum absolute atomic E-state index is 12.7. The van der Waals surface area contributed by atoms with Crippen LogP contribution in [0.2, 0.25) is 0 Å². The summed E-state index contributed by atoms with van der Waals surface area (Å²) in [6, 6.07) is 0.142. The molecular weight excluding hydrogens is 242 g/mol. The summed E-state index contributed by atoms with van der Waals surface area (Å²) in [6.45, 7) is 1.77. The van der Waals surface area contributed by atoms with Crippen LogP contribution in [-0.2, 0) is 9.59 Å². The van der Waals surface area contributed by atoms with Gasteiger partial charge < -0.3 is 16.0 Å². The number of amides is 2. The Balaban J connectivity index is 2.02. The van der Waals surface area contributed by atoms with Gasteiger partial charge >= 0.3 is 0 Å². The van der Waals surface area contributed by atoms with Crippen molar-refractivity contribution in [3.63, 3.8) is 0 Å². The van der Waals surface area contributed by atoms with Crippen LogP contribution < -0.4 is 11.1 Å². The molecule has 0 aromatic rings. The maximum atomic E-state index is 12.7. The standard InChI is InChI=1S/C14H25N3O2/c15-13(18)10-17(12-7-8-16-9-12)14(19)11-5-3-1-2-4-6-11/h11-12,16H,1-10H2,(H2,15,18). The Morgan fingerprint density at radius 2 is 1.79 bits per heavy atom. The van der Waals surface area contributed by atoms with Gasteiger partial charge in [0.05, 0.1) is 6.54 Å². The summed E-state index contributed by atoms with van der Waals surface area (Å²) in [5.41, 5.74) is 5.31. The van der Waals surface area contributed by atoms with E-state index in [2.05, 4.69) is 5.32 Å². The SMILES string of the molecule is NC(=O)CN(C(=O)C1CCCCCC1)C1CCNC1. The second-order valence-electron chi connectivity index (χ2n) is 5.77. The lowest BCUT2D eigenvalue weighted by Crippen LogP contribution is -2.48. The minimum atomic E-state index is -0.408. The van der Waals surface area contributed by atoms with E-state index < -0.39 is 5.91 Å². The number of hydrogen-bond donors (Lipinski definition) is 2. The van der Waals surface area contributed by atoms with Gasteiger partial charge in [-0.2, -0.15) is 0 Å². The fourth-order valence-electron chi connectivity index (χ4n) is 3.22. The van der Waals surface area contributed by atoms with E-state index in [1.807, 2.05) is 0 Å². The first-order valence-electron chi connectivity index (χ1n) is 7.48. The molecule has 1 saturated heterocycles. The van der Waals surface area contributed by atoms with E-state index in [4.69, 9.17) is 5.73 Å². The lowest BCUT2D eigenvalue weighted by atomic mass is 9.97. The molecule has 0 aromatic heterocycles. The molecule has 1 unspecified atom stereocenters. The number of hydrogen-bond acceptors (Lipinski definition) is 3. The molecule has 1 aliphatic carbocycles. The predicted octanol–water partition coefficient (Wildman–Crippen LogP) is 0.633. The van der Waals surface area contributed by atoms with Gasteiger partial charge in [-0.25, -0.2) is 0 Å². The van der Waals surface area contributed by atoms with E-state index in [9.17, 15) is 9.59 Å². The van der Waals surface area contributed by atoms with Crippen molar-refractivity contribution in [2.45, 2.75) is 51.0 Å². The number of nitrogens with one attached hydrogen (secondary N) is 1. The third kappa shape index (κ3) is 3.93. The second kappa shape index (κ2) is 6.89. The van der Waals surface area contributed by atoms with Crippen LogP contribution in [0.3, 0.4) is 0 Å². The Kier molecular flexibility index (Phi) is 5.19. The molecule has 2 aliphatic rings. The average Bonchev–Trinajstić information content (AvgIpc) is 2.77. The molecule has 0 bridgehead atoms. The fourth-order valence-corrected chi connectivity index (χ4v) is 3.22. The second-order valence-corrected chi connectivity index (χ2v) is 5.77. The molecule has 0 aromatic carbocycles. The van der Waals surface area contributed by atoms with Crippen molar-refractivity contribution < 1.29 is 9.59 Å². The molecule has 0 radical (unpaired) electrons. The van der Waals surface area contributed by atoms with Gasteiger partial charge in [-0.3, -0.25) is 9.59 Å². The summed E-state index contributed by atoms with van der Waals surface area (Å²) in [5.74, 6) is -0.161. The van der Waals surface area contributed by atoms with Crippen molar-refractivity contribution in [3.8, 4) is 0 Å². The summed E-state index contributed by atoms with van der Waals surface area (Å²) in [5, 5.41) is 3.25. The highest BCUT2D eigenvalue weighted by molar-refractivity contribution is 5.85. The predicted molar refractivity (Wildman–Crippen MR) is 73.4 cm³/mol. The van der Waals surface area contributed by atoms with E-state index in [-0.39, 0.29) is 24.4 Å². The largest absolute Gasteiger partial charge is 0.368 e. The van der Waals surface area contributed by atoms with Gasteiger partial charge in [0.25, 0.3) is 0 Å². The molecule has 1 heterocycles. The van der Waals surface area contributed by atoms with Gasteiger partial charge in [-0.05, 0) is 25.8 Å². The lowest BCUT2D eigenvalue weighted by Gasteiger charge is -2.30. The summed E-state index contributed by atoms with van der Waals surface area (Å²) >= 11 is 0. The highest BCUT2D eigenvalue weighted by Crippen LogP contribution is 2.26. The molecule has 1 saturated carbocycles. The maximum Gasteiger partial charge on any atom is 0.237 e. The number of rotatable bonds is 4. The first-order chi connectivity index (χ1) is 9.18. The molecule has 1 aliphatic heterocycles. The molecule has 19 heavy (non-hydrogen) atoms. The fraction of sp³-hybridized carbons (Fsp3) is 0.857. The van der Waals surface area contributed by atoms with Crippen molar-refractivity contribution in [2.75, 3.05) is 19.6 Å². The molecule has 1 atom stereocenters. The Hall–Kier alpha value is -1.10. The van der Waals surface area contributed by atoms with Crippen LogP contribution in [0.4, 0.5) is 0 Å². The minimum absolute atomic E-state index is 0.0711. The Labute approximate surface area is 114 Å². The summed E-state index contributed by atoms with van der Waals surface area (Å²) in [4.78, 5) is 25.6. The highest BCUT2D eigenvalue weighted by atomic mass is 16.2. The molecular formula is C14H25N3O2. The van der Waals surface area contributed by atoms with Crippen molar-refractivity contribution in [2.24, 2.45) is 11.7 Å². The van der Waals surface area contributed by atoms with Crippen LogP contribution in [-0.4, -0.2) is 42.4 Å². The van der Waals surface area contributed by atoms with Gasteiger partial charge in [0.2, 0.25) is 11.8 Å². The van der Waals surface area contributed by atoms with Crippen LogP contribution in [0.25, 0.3) is 0 Å². The highest BCUT2D eigenvalue weighted by Gasteiger charge is 2.32. The number of primary amides is 1. The Bertz CT molecular complexity index is 319. The molecule has 3 N–H and O–H groups in total. The van der Waals surface area contributed by atoms with Crippen molar-refractivity contribution in [3.05, 3.63) is 0 Å². The number of carbonyl (C=O) groups is 2. The smallest absolute Gasteiger partial charge is 0.237 e. The lowest BCUT2D eigenvalue weighted by molar-refractivity contribution is -0.141. The van der Waals surface area contributed by atoms with Gasteiger partial charge in [-0.15, -0.1) is 0 Å². The molecule has 5 nitrogen and oxygen atoms in total. The molecule has 5 heteroatoms. The summed E-state index contributed by atoms with van der Waals surface area (Å²) in [7, 11) is 0. The zero-order valence-electron chi connectivity index (χ0n) is 11.6. The quantitative estimate of drug-likeness (QED) is 0.734. The van der Waals surface area contributed by atoms with Gasteiger partial charge in [-0.1, -0.05) is 25.7 Å². The zero-order chi connectivity index (χ0) is 13.7. The van der Waals surface area contributed by atoms with E-state index >= 15 is 0 Å². The number of nitrogens with zero attached hydrogens (tertiary/aromatic N) is 1. The molecule has 0 spiro atoms.